The second-order valence-corrected chi connectivity index (χ2v) is 7.25. The van der Waals surface area contributed by atoms with Gasteiger partial charge in [-0.15, -0.1) is 0 Å². The number of halogens is 1. The van der Waals surface area contributed by atoms with Crippen molar-refractivity contribution in [2.45, 2.75) is 19.3 Å². The summed E-state index contributed by atoms with van der Waals surface area (Å²) in [6.45, 7) is 1.87. The summed E-state index contributed by atoms with van der Waals surface area (Å²) in [4.78, 5) is 17.0. The Labute approximate surface area is 160 Å². The number of ketones is 1. The molecule has 142 valence electrons. The van der Waals surface area contributed by atoms with Gasteiger partial charge < -0.3 is 10.1 Å². The van der Waals surface area contributed by atoms with E-state index in [-0.39, 0.29) is 17.4 Å². The molecule has 0 radical (unpaired) electrons. The second kappa shape index (κ2) is 6.83. The number of H-pyrrole nitrogens is 1. The minimum Gasteiger partial charge on any atom is -0.452 e. The molecule has 1 aromatic carbocycles. The molecular weight excluding hydrogens is 359 g/mol. The Hall–Kier alpha value is -3.06. The molecule has 2 aliphatic rings. The molecule has 2 aromatic heterocycles. The lowest BCUT2D eigenvalue weighted by molar-refractivity contribution is 0.101. The monoisotopic (exact) mass is 378 g/mol. The van der Waals surface area contributed by atoms with E-state index in [4.69, 9.17) is 4.74 Å². The maximum Gasteiger partial charge on any atom is 0.232 e. The first-order valence-corrected chi connectivity index (χ1v) is 9.46. The van der Waals surface area contributed by atoms with Gasteiger partial charge in [0.15, 0.2) is 11.4 Å². The van der Waals surface area contributed by atoms with Gasteiger partial charge in [-0.25, -0.2) is 9.37 Å². The van der Waals surface area contributed by atoms with Gasteiger partial charge in [0.2, 0.25) is 5.78 Å². The molecule has 0 amide bonds. The van der Waals surface area contributed by atoms with Gasteiger partial charge in [0.05, 0.1) is 11.3 Å². The number of carbonyl (C=O) groups is 1. The first-order chi connectivity index (χ1) is 13.7. The van der Waals surface area contributed by atoms with E-state index in [0.717, 1.165) is 31.3 Å². The van der Waals surface area contributed by atoms with Crippen molar-refractivity contribution in [2.75, 3.05) is 13.1 Å². The molecule has 0 aliphatic carbocycles. The molecule has 1 saturated heterocycles. The summed E-state index contributed by atoms with van der Waals surface area (Å²) in [7, 11) is 0. The van der Waals surface area contributed by atoms with Crippen LogP contribution in [0, 0.1) is 11.7 Å². The SMILES string of the molecule is O=C1/C(=C/c2n[nH]c3ncccc23)Oc2c1ccc(F)c2CC1CCNCC1. The number of pyridine rings is 1. The Balaban J connectivity index is 1.50. The number of piperidine rings is 1. The van der Waals surface area contributed by atoms with Crippen molar-refractivity contribution in [1.82, 2.24) is 20.5 Å². The van der Waals surface area contributed by atoms with E-state index in [1.807, 2.05) is 6.07 Å². The number of carbonyl (C=O) groups excluding carboxylic acids is 1. The Morgan fingerprint density at radius 2 is 2.11 bits per heavy atom. The van der Waals surface area contributed by atoms with Crippen LogP contribution in [0.1, 0.15) is 34.5 Å². The fraction of sp³-hybridized carbons (Fsp3) is 0.286. The number of benzene rings is 1. The Morgan fingerprint density at radius 3 is 2.96 bits per heavy atom. The van der Waals surface area contributed by atoms with Crippen LogP contribution in [-0.4, -0.2) is 34.1 Å². The maximum atomic E-state index is 14.6. The number of Topliss-reactive ketones (excluding diaryl/α,β-unsaturated/α-hetero) is 1. The quantitative estimate of drug-likeness (QED) is 0.684. The summed E-state index contributed by atoms with van der Waals surface area (Å²) in [6.07, 6.45) is 5.82. The maximum absolute atomic E-state index is 14.6. The van der Waals surface area contributed by atoms with E-state index >= 15 is 0 Å². The van der Waals surface area contributed by atoms with Gasteiger partial charge >= 0.3 is 0 Å². The van der Waals surface area contributed by atoms with E-state index in [1.165, 1.54) is 12.1 Å². The van der Waals surface area contributed by atoms with Gasteiger partial charge in [0, 0.05) is 23.2 Å². The van der Waals surface area contributed by atoms with Gasteiger partial charge in [-0.1, -0.05) is 0 Å². The molecule has 3 aromatic rings. The standard InChI is InChI=1S/C21H19FN4O2/c22-16-4-3-14-19(27)18(11-17-13-2-1-7-24-21(13)26-25-17)28-20(14)15(16)10-12-5-8-23-9-6-12/h1-4,7,11-12,23H,5-6,8-10H2,(H,24,25,26)/b18-11-. The fourth-order valence-electron chi connectivity index (χ4n) is 3.96. The van der Waals surface area contributed by atoms with Crippen LogP contribution >= 0.6 is 0 Å². The van der Waals surface area contributed by atoms with Crippen LogP contribution in [-0.2, 0) is 6.42 Å². The highest BCUT2D eigenvalue weighted by molar-refractivity contribution is 6.15. The number of hydrogen-bond acceptors (Lipinski definition) is 5. The lowest BCUT2D eigenvalue weighted by Crippen LogP contribution is -2.28. The summed E-state index contributed by atoms with van der Waals surface area (Å²) < 4.78 is 20.5. The van der Waals surface area contributed by atoms with Gasteiger partial charge in [-0.05, 0) is 62.5 Å². The molecule has 0 bridgehead atoms. The Kier molecular flexibility index (Phi) is 4.16. The van der Waals surface area contributed by atoms with Crippen molar-refractivity contribution in [3.8, 4) is 5.75 Å². The van der Waals surface area contributed by atoms with Gasteiger partial charge in [-0.2, -0.15) is 5.10 Å². The van der Waals surface area contributed by atoms with Crippen LogP contribution in [0.25, 0.3) is 17.1 Å². The number of nitrogens with one attached hydrogen (secondary N) is 2. The number of rotatable bonds is 3. The Bertz CT molecular complexity index is 1100. The molecule has 6 nitrogen and oxygen atoms in total. The van der Waals surface area contributed by atoms with Crippen molar-refractivity contribution in [2.24, 2.45) is 5.92 Å². The normalized spacial score (nSPS) is 18.6. The second-order valence-electron chi connectivity index (χ2n) is 7.25. The van der Waals surface area contributed by atoms with Gasteiger partial charge in [0.25, 0.3) is 0 Å². The summed E-state index contributed by atoms with van der Waals surface area (Å²) in [6, 6.07) is 6.54. The highest BCUT2D eigenvalue weighted by Gasteiger charge is 2.32. The molecule has 2 N–H and O–H groups in total. The van der Waals surface area contributed by atoms with Crippen LogP contribution in [0.4, 0.5) is 4.39 Å². The zero-order valence-corrected chi connectivity index (χ0v) is 15.2. The number of fused-ring (bicyclic) bond motifs is 2. The number of aromatic amines is 1. The molecule has 1 fully saturated rings. The molecule has 28 heavy (non-hydrogen) atoms. The Morgan fingerprint density at radius 1 is 1.25 bits per heavy atom. The van der Waals surface area contributed by atoms with Crippen LogP contribution in [0.15, 0.2) is 36.2 Å². The summed E-state index contributed by atoms with van der Waals surface area (Å²) in [5.74, 6) is 0.329. The highest BCUT2D eigenvalue weighted by Crippen LogP contribution is 2.38. The van der Waals surface area contributed by atoms with Crippen LogP contribution in [0.2, 0.25) is 0 Å². The smallest absolute Gasteiger partial charge is 0.232 e. The molecule has 0 saturated carbocycles. The van der Waals surface area contributed by atoms with E-state index in [1.54, 1.807) is 18.3 Å². The average Bonchev–Trinajstić information content (AvgIpc) is 3.27. The molecule has 4 heterocycles. The average molecular weight is 378 g/mol. The summed E-state index contributed by atoms with van der Waals surface area (Å²) in [5.41, 5.74) is 2.11. The lowest BCUT2D eigenvalue weighted by Gasteiger charge is -2.23. The largest absolute Gasteiger partial charge is 0.452 e. The fourth-order valence-corrected chi connectivity index (χ4v) is 3.96. The minimum atomic E-state index is -0.319. The number of allylic oxidation sites excluding steroid dienone is 1. The van der Waals surface area contributed by atoms with Crippen LogP contribution in [0.5, 0.6) is 5.75 Å². The highest BCUT2D eigenvalue weighted by atomic mass is 19.1. The molecule has 5 rings (SSSR count). The summed E-state index contributed by atoms with van der Waals surface area (Å²) >= 11 is 0. The molecule has 0 unspecified atom stereocenters. The van der Waals surface area contributed by atoms with Crippen molar-refractivity contribution in [1.29, 1.82) is 0 Å². The van der Waals surface area contributed by atoms with Crippen LogP contribution < -0.4 is 10.1 Å². The van der Waals surface area contributed by atoms with Crippen molar-refractivity contribution >= 4 is 22.9 Å². The van der Waals surface area contributed by atoms with Crippen molar-refractivity contribution in [3.63, 3.8) is 0 Å². The van der Waals surface area contributed by atoms with E-state index in [9.17, 15) is 9.18 Å². The summed E-state index contributed by atoms with van der Waals surface area (Å²) in [5, 5.41) is 11.2. The zero-order chi connectivity index (χ0) is 19.1. The molecule has 0 atom stereocenters. The first kappa shape index (κ1) is 17.1. The molecule has 0 spiro atoms. The minimum absolute atomic E-state index is 0.157. The molecule has 7 heteroatoms. The van der Waals surface area contributed by atoms with Crippen molar-refractivity contribution in [3.05, 3.63) is 58.9 Å². The lowest BCUT2D eigenvalue weighted by atomic mass is 9.89. The third kappa shape index (κ3) is 2.88. The number of nitrogens with zero attached hydrogens (tertiary/aromatic N) is 2. The van der Waals surface area contributed by atoms with E-state index in [0.29, 0.717) is 40.6 Å². The molecular formula is C21H19FN4O2. The first-order valence-electron chi connectivity index (χ1n) is 9.46. The van der Waals surface area contributed by atoms with Gasteiger partial charge in [0.1, 0.15) is 11.6 Å². The topological polar surface area (TPSA) is 79.9 Å². The molecule has 2 aliphatic heterocycles. The zero-order valence-electron chi connectivity index (χ0n) is 15.2. The van der Waals surface area contributed by atoms with Crippen LogP contribution in [0.3, 0.4) is 0 Å². The third-order valence-corrected chi connectivity index (χ3v) is 5.47. The predicted octanol–water partition coefficient (Wildman–Crippen LogP) is 3.26. The van der Waals surface area contributed by atoms with Crippen molar-refractivity contribution < 1.29 is 13.9 Å². The third-order valence-electron chi connectivity index (χ3n) is 5.47. The predicted molar refractivity (Wildman–Crippen MR) is 103 cm³/mol. The van der Waals surface area contributed by atoms with E-state index < -0.39 is 0 Å². The number of hydrogen-bond donors (Lipinski definition) is 2. The van der Waals surface area contributed by atoms with Gasteiger partial charge in [-0.3, -0.25) is 9.89 Å². The van der Waals surface area contributed by atoms with E-state index in [2.05, 4.69) is 20.5 Å². The number of ether oxygens (including phenoxy) is 1. The number of aromatic nitrogens is 3.